The van der Waals surface area contributed by atoms with Crippen LogP contribution in [0.3, 0.4) is 0 Å². The lowest BCUT2D eigenvalue weighted by Gasteiger charge is -2.15. The van der Waals surface area contributed by atoms with E-state index >= 15 is 0 Å². The molecule has 0 fully saturated rings. The van der Waals surface area contributed by atoms with Gasteiger partial charge in [0.05, 0.1) is 0 Å². The second-order valence-electron chi connectivity index (χ2n) is 6.76. The lowest BCUT2D eigenvalue weighted by Crippen LogP contribution is -2.25. The summed E-state index contributed by atoms with van der Waals surface area (Å²) in [5.74, 6) is 0. The molecule has 3 N–H and O–H groups in total. The maximum Gasteiger partial charge on any atom is 0.0208 e. The van der Waals surface area contributed by atoms with Crippen molar-refractivity contribution in [2.75, 3.05) is 0 Å². The van der Waals surface area contributed by atoms with E-state index in [0.717, 1.165) is 19.6 Å². The lowest BCUT2D eigenvalue weighted by molar-refractivity contribution is 0.574. The van der Waals surface area contributed by atoms with E-state index in [2.05, 4.69) is 75.7 Å². The van der Waals surface area contributed by atoms with Crippen LogP contribution in [-0.2, 0) is 19.6 Å². The van der Waals surface area contributed by atoms with E-state index in [0.29, 0.717) is 18.1 Å². The molecule has 0 bridgehead atoms. The molecule has 0 radical (unpaired) electrons. The number of hydrogen-bond acceptors (Lipinski definition) is 3. The zero-order valence-corrected chi connectivity index (χ0v) is 14.6. The Kier molecular flexibility index (Phi) is 10.3. The maximum atomic E-state index is 3.51. The first kappa shape index (κ1) is 21.1. The van der Waals surface area contributed by atoms with E-state index in [1.807, 2.05) is 0 Å². The normalized spacial score (nSPS) is 11.3. The van der Waals surface area contributed by atoms with Gasteiger partial charge in [-0.15, -0.1) is 0 Å². The smallest absolute Gasteiger partial charge is 0.0208 e. The van der Waals surface area contributed by atoms with E-state index in [1.54, 1.807) is 0 Å². The Bertz CT molecular complexity index is 337. The fraction of sp³-hybridized carbons (Fsp3) is 0.684. The van der Waals surface area contributed by atoms with Crippen molar-refractivity contribution in [3.05, 3.63) is 34.9 Å². The highest BCUT2D eigenvalue weighted by molar-refractivity contribution is 5.30. The Balaban J connectivity index is 0.00000441. The molecule has 0 heterocycles. The summed E-state index contributed by atoms with van der Waals surface area (Å²) in [6.07, 6.45) is 0. The first-order chi connectivity index (χ1) is 9.86. The molecule has 0 unspecified atom stereocenters. The van der Waals surface area contributed by atoms with Gasteiger partial charge in [0.2, 0.25) is 0 Å². The molecule has 22 heavy (non-hydrogen) atoms. The fourth-order valence-electron chi connectivity index (χ4n) is 2.11. The number of hydrogen-bond donors (Lipinski definition) is 3. The summed E-state index contributed by atoms with van der Waals surface area (Å²) in [5, 5.41) is 10.5. The van der Waals surface area contributed by atoms with Gasteiger partial charge in [0.25, 0.3) is 0 Å². The van der Waals surface area contributed by atoms with Gasteiger partial charge < -0.3 is 16.0 Å². The first-order valence-electron chi connectivity index (χ1n) is 8.18. The SMILES string of the molecule is C.CC(C)NCc1cc(CNC(C)C)cc(CNC(C)C)c1. The predicted octanol–water partition coefficient (Wildman–Crippen LogP) is 3.82. The third-order valence-electron chi connectivity index (χ3n) is 3.26. The molecule has 0 atom stereocenters. The standard InChI is InChI=1S/C18H33N3.CH4/c1-13(2)19-10-16-7-17(11-20-14(3)4)9-18(8-16)12-21-15(5)6;/h7-9,13-15,19-21H,10-12H2,1-6H3;1H4. The Morgan fingerprint density at radius 3 is 1.00 bits per heavy atom. The molecule has 0 spiro atoms. The first-order valence-corrected chi connectivity index (χ1v) is 8.18. The number of nitrogens with one attached hydrogen (secondary N) is 3. The van der Waals surface area contributed by atoms with Crippen molar-refractivity contribution in [3.8, 4) is 0 Å². The highest BCUT2D eigenvalue weighted by Gasteiger charge is 2.04. The lowest BCUT2D eigenvalue weighted by atomic mass is 10.0. The molecule has 0 aliphatic carbocycles. The third-order valence-corrected chi connectivity index (χ3v) is 3.26. The van der Waals surface area contributed by atoms with Crippen molar-refractivity contribution in [3.63, 3.8) is 0 Å². The highest BCUT2D eigenvalue weighted by Crippen LogP contribution is 2.12. The minimum atomic E-state index is 0. The molecule has 0 aliphatic heterocycles. The van der Waals surface area contributed by atoms with Gasteiger partial charge in [-0.2, -0.15) is 0 Å². The summed E-state index contributed by atoms with van der Waals surface area (Å²) >= 11 is 0. The number of rotatable bonds is 9. The van der Waals surface area contributed by atoms with Gasteiger partial charge in [-0.3, -0.25) is 0 Å². The van der Waals surface area contributed by atoms with E-state index in [-0.39, 0.29) is 7.43 Å². The molecular weight excluding hydrogens is 270 g/mol. The summed E-state index contributed by atoms with van der Waals surface area (Å²) in [4.78, 5) is 0. The summed E-state index contributed by atoms with van der Waals surface area (Å²) < 4.78 is 0. The van der Waals surface area contributed by atoms with E-state index < -0.39 is 0 Å². The van der Waals surface area contributed by atoms with Gasteiger partial charge in [-0.05, 0) is 16.7 Å². The monoisotopic (exact) mass is 307 g/mol. The Morgan fingerprint density at radius 2 is 0.818 bits per heavy atom. The Hall–Kier alpha value is -0.900. The summed E-state index contributed by atoms with van der Waals surface area (Å²) in [6, 6.07) is 8.47. The van der Waals surface area contributed by atoms with Gasteiger partial charge in [0.15, 0.2) is 0 Å². The molecule has 1 aromatic rings. The van der Waals surface area contributed by atoms with Crippen LogP contribution >= 0.6 is 0 Å². The maximum absolute atomic E-state index is 3.51. The van der Waals surface area contributed by atoms with Crippen LogP contribution in [0.4, 0.5) is 0 Å². The molecule has 1 rings (SSSR count). The van der Waals surface area contributed by atoms with Gasteiger partial charge in [-0.25, -0.2) is 0 Å². The van der Waals surface area contributed by atoms with Crippen LogP contribution in [0, 0.1) is 0 Å². The van der Waals surface area contributed by atoms with Gasteiger partial charge >= 0.3 is 0 Å². The summed E-state index contributed by atoms with van der Waals surface area (Å²) in [7, 11) is 0. The van der Waals surface area contributed by atoms with Crippen molar-refractivity contribution < 1.29 is 0 Å². The van der Waals surface area contributed by atoms with E-state index in [4.69, 9.17) is 0 Å². The largest absolute Gasteiger partial charge is 0.310 e. The van der Waals surface area contributed by atoms with Crippen LogP contribution in [0.2, 0.25) is 0 Å². The van der Waals surface area contributed by atoms with Crippen molar-refractivity contribution in [1.82, 2.24) is 16.0 Å². The topological polar surface area (TPSA) is 36.1 Å². The van der Waals surface area contributed by atoms with Crippen molar-refractivity contribution >= 4 is 0 Å². The second kappa shape index (κ2) is 10.8. The Labute approximate surface area is 138 Å². The zero-order chi connectivity index (χ0) is 15.8. The van der Waals surface area contributed by atoms with Gasteiger partial charge in [-0.1, -0.05) is 67.2 Å². The fourth-order valence-corrected chi connectivity index (χ4v) is 2.11. The zero-order valence-electron chi connectivity index (χ0n) is 14.6. The minimum absolute atomic E-state index is 0. The average Bonchev–Trinajstić information content (AvgIpc) is 2.40. The second-order valence-corrected chi connectivity index (χ2v) is 6.76. The molecule has 3 nitrogen and oxygen atoms in total. The van der Waals surface area contributed by atoms with E-state index in [1.165, 1.54) is 16.7 Å². The van der Waals surface area contributed by atoms with Crippen LogP contribution in [0.1, 0.15) is 65.7 Å². The third kappa shape index (κ3) is 9.19. The summed E-state index contributed by atoms with van der Waals surface area (Å²) in [6.45, 7) is 15.9. The van der Waals surface area contributed by atoms with Crippen LogP contribution in [0.5, 0.6) is 0 Å². The summed E-state index contributed by atoms with van der Waals surface area (Å²) in [5.41, 5.74) is 4.10. The average molecular weight is 308 g/mol. The molecule has 0 aliphatic rings. The molecule has 128 valence electrons. The molecular formula is C19H37N3. The van der Waals surface area contributed by atoms with Crippen LogP contribution in [0.15, 0.2) is 18.2 Å². The van der Waals surface area contributed by atoms with Gasteiger partial charge in [0, 0.05) is 37.8 Å². The molecule has 0 saturated carbocycles. The number of benzene rings is 1. The van der Waals surface area contributed by atoms with Crippen molar-refractivity contribution in [2.45, 2.75) is 86.7 Å². The minimum Gasteiger partial charge on any atom is -0.310 e. The van der Waals surface area contributed by atoms with Crippen molar-refractivity contribution in [2.24, 2.45) is 0 Å². The molecule has 0 amide bonds. The van der Waals surface area contributed by atoms with Gasteiger partial charge in [0.1, 0.15) is 0 Å². The molecule has 0 aromatic heterocycles. The van der Waals surface area contributed by atoms with Crippen molar-refractivity contribution in [1.29, 1.82) is 0 Å². The van der Waals surface area contributed by atoms with Crippen LogP contribution < -0.4 is 16.0 Å². The Morgan fingerprint density at radius 1 is 0.591 bits per heavy atom. The predicted molar refractivity (Wildman–Crippen MR) is 99.1 cm³/mol. The molecule has 1 aromatic carbocycles. The molecule has 3 heteroatoms. The van der Waals surface area contributed by atoms with E-state index in [9.17, 15) is 0 Å². The molecule has 0 saturated heterocycles. The highest BCUT2D eigenvalue weighted by atomic mass is 14.9. The van der Waals surface area contributed by atoms with Crippen LogP contribution in [-0.4, -0.2) is 18.1 Å². The van der Waals surface area contributed by atoms with Crippen LogP contribution in [0.25, 0.3) is 0 Å². The quantitative estimate of drug-likeness (QED) is 0.649.